The lowest BCUT2D eigenvalue weighted by molar-refractivity contribution is 0.0524. The summed E-state index contributed by atoms with van der Waals surface area (Å²) in [5, 5.41) is 3.33. The number of ether oxygens (including phenoxy) is 1. The molecule has 0 saturated heterocycles. The summed E-state index contributed by atoms with van der Waals surface area (Å²) in [6, 6.07) is 0. The van der Waals surface area contributed by atoms with Crippen LogP contribution in [0, 0.1) is 6.92 Å². The van der Waals surface area contributed by atoms with Crippen molar-refractivity contribution in [2.24, 2.45) is 0 Å². The maximum atomic E-state index is 11.9. The van der Waals surface area contributed by atoms with Gasteiger partial charge in [-0.15, -0.1) is 0 Å². The molecule has 0 atom stereocenters. The molecule has 0 aliphatic rings. The van der Waals surface area contributed by atoms with E-state index >= 15 is 0 Å². The van der Waals surface area contributed by atoms with Gasteiger partial charge in [-0.25, -0.2) is 4.79 Å². The molecule has 1 aromatic heterocycles. The fourth-order valence-corrected chi connectivity index (χ4v) is 2.34. The highest BCUT2D eigenvalue weighted by molar-refractivity contribution is 5.92. The number of hydrogen-bond donors (Lipinski definition) is 2. The number of esters is 1. The SMILES string of the molecule is CCNCCCCCCc1[nH]cc(C)c1C(=O)OCC. The first-order valence-corrected chi connectivity index (χ1v) is 7.75. The summed E-state index contributed by atoms with van der Waals surface area (Å²) in [4.78, 5) is 15.1. The van der Waals surface area contributed by atoms with Crippen LogP contribution in [-0.2, 0) is 11.2 Å². The third-order valence-corrected chi connectivity index (χ3v) is 3.42. The van der Waals surface area contributed by atoms with Gasteiger partial charge in [0.25, 0.3) is 0 Å². The number of aromatic nitrogens is 1. The van der Waals surface area contributed by atoms with Crippen molar-refractivity contribution in [1.82, 2.24) is 10.3 Å². The Morgan fingerprint density at radius 3 is 2.70 bits per heavy atom. The molecule has 0 aliphatic carbocycles. The zero-order valence-corrected chi connectivity index (χ0v) is 13.1. The van der Waals surface area contributed by atoms with Gasteiger partial charge in [0.2, 0.25) is 0 Å². The van der Waals surface area contributed by atoms with Crippen molar-refractivity contribution in [3.05, 3.63) is 23.0 Å². The zero-order valence-electron chi connectivity index (χ0n) is 13.1. The van der Waals surface area contributed by atoms with Crippen molar-refractivity contribution in [3.8, 4) is 0 Å². The average molecular weight is 280 g/mol. The molecule has 0 spiro atoms. The maximum Gasteiger partial charge on any atom is 0.340 e. The number of unbranched alkanes of at least 4 members (excludes halogenated alkanes) is 3. The van der Waals surface area contributed by atoms with Gasteiger partial charge in [-0.05, 0) is 51.8 Å². The summed E-state index contributed by atoms with van der Waals surface area (Å²) >= 11 is 0. The molecule has 1 aromatic rings. The minimum atomic E-state index is -0.201. The summed E-state index contributed by atoms with van der Waals surface area (Å²) in [6.45, 7) is 8.49. The summed E-state index contributed by atoms with van der Waals surface area (Å²) in [7, 11) is 0. The van der Waals surface area contributed by atoms with E-state index in [2.05, 4.69) is 17.2 Å². The Kier molecular flexibility index (Phi) is 8.04. The fourth-order valence-electron chi connectivity index (χ4n) is 2.34. The smallest absolute Gasteiger partial charge is 0.340 e. The molecule has 0 saturated carbocycles. The molecule has 1 rings (SSSR count). The minimum absolute atomic E-state index is 0.201. The van der Waals surface area contributed by atoms with Crippen LogP contribution in [0.1, 0.15) is 61.1 Å². The number of nitrogens with one attached hydrogen (secondary N) is 2. The number of carbonyl (C=O) groups is 1. The van der Waals surface area contributed by atoms with Gasteiger partial charge >= 0.3 is 5.97 Å². The molecule has 0 aliphatic heterocycles. The van der Waals surface area contributed by atoms with E-state index in [0.717, 1.165) is 42.8 Å². The van der Waals surface area contributed by atoms with Crippen LogP contribution in [0.3, 0.4) is 0 Å². The maximum absolute atomic E-state index is 11.9. The predicted molar refractivity (Wildman–Crippen MR) is 82.2 cm³/mol. The Bertz CT molecular complexity index is 399. The molecule has 4 nitrogen and oxygen atoms in total. The third-order valence-electron chi connectivity index (χ3n) is 3.42. The molecule has 114 valence electrons. The summed E-state index contributed by atoms with van der Waals surface area (Å²) < 4.78 is 5.11. The largest absolute Gasteiger partial charge is 0.462 e. The molecular weight excluding hydrogens is 252 g/mol. The van der Waals surface area contributed by atoms with Gasteiger partial charge in [0, 0.05) is 11.9 Å². The minimum Gasteiger partial charge on any atom is -0.462 e. The van der Waals surface area contributed by atoms with E-state index in [4.69, 9.17) is 4.74 Å². The Morgan fingerprint density at radius 2 is 2.00 bits per heavy atom. The van der Waals surface area contributed by atoms with Crippen molar-refractivity contribution in [3.63, 3.8) is 0 Å². The van der Waals surface area contributed by atoms with Gasteiger partial charge < -0.3 is 15.0 Å². The van der Waals surface area contributed by atoms with Crippen LogP contribution >= 0.6 is 0 Å². The molecule has 0 bridgehead atoms. The van der Waals surface area contributed by atoms with Gasteiger partial charge in [-0.3, -0.25) is 0 Å². The van der Waals surface area contributed by atoms with Crippen LogP contribution in [-0.4, -0.2) is 30.6 Å². The van der Waals surface area contributed by atoms with Crippen molar-refractivity contribution >= 4 is 5.97 Å². The molecule has 0 amide bonds. The molecule has 0 unspecified atom stereocenters. The van der Waals surface area contributed by atoms with Crippen LogP contribution in [0.5, 0.6) is 0 Å². The zero-order chi connectivity index (χ0) is 14.8. The van der Waals surface area contributed by atoms with Gasteiger partial charge in [0.05, 0.1) is 12.2 Å². The van der Waals surface area contributed by atoms with Crippen molar-refractivity contribution in [2.45, 2.75) is 52.9 Å². The second-order valence-electron chi connectivity index (χ2n) is 5.06. The van der Waals surface area contributed by atoms with Crippen molar-refractivity contribution in [1.29, 1.82) is 0 Å². The quantitative estimate of drug-likeness (QED) is 0.511. The third kappa shape index (κ3) is 5.37. The molecule has 0 aromatic carbocycles. The molecule has 0 fully saturated rings. The van der Waals surface area contributed by atoms with Crippen LogP contribution in [0.2, 0.25) is 0 Å². The number of H-pyrrole nitrogens is 1. The van der Waals surface area contributed by atoms with E-state index in [1.54, 1.807) is 0 Å². The van der Waals surface area contributed by atoms with E-state index in [-0.39, 0.29) is 5.97 Å². The Morgan fingerprint density at radius 1 is 1.25 bits per heavy atom. The van der Waals surface area contributed by atoms with Gasteiger partial charge in [0.15, 0.2) is 0 Å². The number of aromatic amines is 1. The first-order chi connectivity index (χ1) is 9.70. The number of rotatable bonds is 10. The second kappa shape index (κ2) is 9.59. The number of hydrogen-bond acceptors (Lipinski definition) is 3. The highest BCUT2D eigenvalue weighted by atomic mass is 16.5. The Hall–Kier alpha value is -1.29. The summed E-state index contributed by atoms with van der Waals surface area (Å²) in [5.41, 5.74) is 2.73. The highest BCUT2D eigenvalue weighted by Crippen LogP contribution is 2.17. The van der Waals surface area contributed by atoms with Crippen LogP contribution in [0.15, 0.2) is 6.20 Å². The average Bonchev–Trinajstić information content (AvgIpc) is 2.79. The molecular formula is C16H28N2O2. The lowest BCUT2D eigenvalue weighted by atomic mass is 10.1. The van der Waals surface area contributed by atoms with E-state index in [0.29, 0.717) is 6.61 Å². The van der Waals surface area contributed by atoms with Gasteiger partial charge in [-0.2, -0.15) is 0 Å². The van der Waals surface area contributed by atoms with Gasteiger partial charge in [-0.1, -0.05) is 19.8 Å². The van der Waals surface area contributed by atoms with Crippen molar-refractivity contribution < 1.29 is 9.53 Å². The summed E-state index contributed by atoms with van der Waals surface area (Å²) in [6.07, 6.45) is 7.59. The molecule has 20 heavy (non-hydrogen) atoms. The second-order valence-corrected chi connectivity index (χ2v) is 5.06. The van der Waals surface area contributed by atoms with Crippen LogP contribution < -0.4 is 5.32 Å². The standard InChI is InChI=1S/C16H28N2O2/c1-4-17-11-9-7-6-8-10-14-15(13(3)12-18-14)16(19)20-5-2/h12,17-18H,4-11H2,1-3H3. The van der Waals surface area contributed by atoms with E-state index in [1.165, 1.54) is 19.3 Å². The molecule has 2 N–H and O–H groups in total. The fraction of sp³-hybridized carbons (Fsp3) is 0.688. The lowest BCUT2D eigenvalue weighted by Gasteiger charge is -2.06. The number of carbonyl (C=O) groups excluding carboxylic acids is 1. The summed E-state index contributed by atoms with van der Waals surface area (Å²) in [5.74, 6) is -0.201. The highest BCUT2D eigenvalue weighted by Gasteiger charge is 2.16. The first-order valence-electron chi connectivity index (χ1n) is 7.75. The molecule has 0 radical (unpaired) electrons. The Balaban J connectivity index is 2.35. The first kappa shape index (κ1) is 16.8. The van der Waals surface area contributed by atoms with E-state index < -0.39 is 0 Å². The topological polar surface area (TPSA) is 54.1 Å². The Labute approximate surface area is 122 Å². The van der Waals surface area contributed by atoms with Crippen LogP contribution in [0.25, 0.3) is 0 Å². The lowest BCUT2D eigenvalue weighted by Crippen LogP contribution is -2.13. The van der Waals surface area contributed by atoms with Crippen LogP contribution in [0.4, 0.5) is 0 Å². The van der Waals surface area contributed by atoms with Crippen molar-refractivity contribution in [2.75, 3.05) is 19.7 Å². The monoisotopic (exact) mass is 280 g/mol. The predicted octanol–water partition coefficient (Wildman–Crippen LogP) is 3.21. The van der Waals surface area contributed by atoms with Gasteiger partial charge in [0.1, 0.15) is 0 Å². The normalized spacial score (nSPS) is 10.8. The number of aryl methyl sites for hydroxylation is 2. The molecule has 1 heterocycles. The van der Waals surface area contributed by atoms with E-state index in [9.17, 15) is 4.79 Å². The van der Waals surface area contributed by atoms with E-state index in [1.807, 2.05) is 20.0 Å². The molecule has 4 heteroatoms.